The highest BCUT2D eigenvalue weighted by Crippen LogP contribution is 2.30. The van der Waals surface area contributed by atoms with E-state index in [0.29, 0.717) is 19.5 Å². The predicted octanol–water partition coefficient (Wildman–Crippen LogP) is 2.98. The summed E-state index contributed by atoms with van der Waals surface area (Å²) < 4.78 is 38.2. The van der Waals surface area contributed by atoms with Crippen LogP contribution in [-0.4, -0.2) is 54.3 Å². The highest BCUT2D eigenvalue weighted by atomic mass is 19.4. The van der Waals surface area contributed by atoms with Crippen molar-refractivity contribution in [1.82, 2.24) is 9.80 Å². The average Bonchev–Trinajstić information content (AvgIpc) is 3.09. The van der Waals surface area contributed by atoms with Crippen LogP contribution in [0.2, 0.25) is 0 Å². The van der Waals surface area contributed by atoms with Crippen LogP contribution >= 0.6 is 0 Å². The van der Waals surface area contributed by atoms with Crippen molar-refractivity contribution in [2.45, 2.75) is 31.9 Å². The first-order valence-electron chi connectivity index (χ1n) is 9.31. The van der Waals surface area contributed by atoms with Gasteiger partial charge in [-0.3, -0.25) is 14.5 Å². The fourth-order valence-electron chi connectivity index (χ4n) is 3.73. The first kappa shape index (κ1) is 19.7. The van der Waals surface area contributed by atoms with E-state index >= 15 is 0 Å². The van der Waals surface area contributed by atoms with Gasteiger partial charge in [-0.2, -0.15) is 13.2 Å². The molecule has 2 amide bonds. The molecule has 148 valence electrons. The zero-order valence-corrected chi connectivity index (χ0v) is 15.1. The lowest BCUT2D eigenvalue weighted by Crippen LogP contribution is -2.41. The second kappa shape index (κ2) is 8.29. The summed E-state index contributed by atoms with van der Waals surface area (Å²) in [5.41, 5.74) is -0.677. The van der Waals surface area contributed by atoms with E-state index in [0.717, 1.165) is 44.5 Å². The number of alkyl halides is 3. The molecule has 1 unspecified atom stereocenters. The highest BCUT2D eigenvalue weighted by Gasteiger charge is 2.33. The summed E-state index contributed by atoms with van der Waals surface area (Å²) in [6.45, 7) is 2.85. The third-order valence-electron chi connectivity index (χ3n) is 5.13. The maximum atomic E-state index is 12.7. The number of nitrogens with zero attached hydrogens (tertiary/aromatic N) is 2. The van der Waals surface area contributed by atoms with E-state index < -0.39 is 11.7 Å². The Kier molecular flexibility index (Phi) is 6.04. The van der Waals surface area contributed by atoms with Crippen molar-refractivity contribution in [2.75, 3.05) is 38.0 Å². The van der Waals surface area contributed by atoms with Crippen LogP contribution in [0.1, 0.15) is 31.2 Å². The summed E-state index contributed by atoms with van der Waals surface area (Å²) in [5.74, 6) is -0.305. The number of likely N-dealkylation sites (tertiary alicyclic amines) is 2. The van der Waals surface area contributed by atoms with Crippen LogP contribution in [0, 0.1) is 5.92 Å². The molecule has 1 N–H and O–H groups in total. The molecule has 0 aliphatic carbocycles. The van der Waals surface area contributed by atoms with Crippen LogP contribution in [0.5, 0.6) is 0 Å². The second-order valence-electron chi connectivity index (χ2n) is 7.23. The number of carbonyl (C=O) groups excluding carboxylic acids is 2. The molecule has 0 aromatic heterocycles. The van der Waals surface area contributed by atoms with Crippen molar-refractivity contribution < 1.29 is 22.8 Å². The number of nitrogens with one attached hydrogen (secondary N) is 1. The van der Waals surface area contributed by atoms with E-state index in [2.05, 4.69) is 5.32 Å². The number of anilines is 1. The molecule has 0 bridgehead atoms. The monoisotopic (exact) mass is 383 g/mol. The standard InChI is InChI=1S/C19H24F3N3O2/c20-19(21,22)15-5-4-6-16(11-15)23-17(26)13-24-10-7-14(12-24)18(27)25-8-2-1-3-9-25/h4-6,11,14H,1-3,7-10,12-13H2,(H,23,26). The normalized spacial score (nSPS) is 21.3. The summed E-state index contributed by atoms with van der Waals surface area (Å²) in [7, 11) is 0. The fourth-order valence-corrected chi connectivity index (χ4v) is 3.73. The minimum Gasteiger partial charge on any atom is -0.342 e. The number of halogens is 3. The number of hydrogen-bond acceptors (Lipinski definition) is 3. The van der Waals surface area contributed by atoms with E-state index in [9.17, 15) is 22.8 Å². The summed E-state index contributed by atoms with van der Waals surface area (Å²) in [4.78, 5) is 28.5. The lowest BCUT2D eigenvalue weighted by molar-refractivity contribution is -0.137. The summed E-state index contributed by atoms with van der Waals surface area (Å²) in [5, 5.41) is 2.51. The smallest absolute Gasteiger partial charge is 0.342 e. The van der Waals surface area contributed by atoms with Crippen LogP contribution in [0.4, 0.5) is 18.9 Å². The Balaban J connectivity index is 1.50. The summed E-state index contributed by atoms with van der Waals surface area (Å²) in [6.07, 6.45) is -0.483. The molecule has 2 aliphatic heterocycles. The van der Waals surface area contributed by atoms with Gasteiger partial charge in [0.05, 0.1) is 18.0 Å². The van der Waals surface area contributed by atoms with Crippen LogP contribution in [0.15, 0.2) is 24.3 Å². The number of hydrogen-bond donors (Lipinski definition) is 1. The van der Waals surface area contributed by atoms with Gasteiger partial charge in [0.2, 0.25) is 11.8 Å². The van der Waals surface area contributed by atoms with E-state index in [-0.39, 0.29) is 30.0 Å². The number of piperidine rings is 1. The van der Waals surface area contributed by atoms with Crippen LogP contribution in [0.25, 0.3) is 0 Å². The van der Waals surface area contributed by atoms with Gasteiger partial charge in [-0.25, -0.2) is 0 Å². The number of benzene rings is 1. The van der Waals surface area contributed by atoms with Gasteiger partial charge in [0.1, 0.15) is 0 Å². The van der Waals surface area contributed by atoms with E-state index in [1.54, 1.807) is 0 Å². The van der Waals surface area contributed by atoms with Crippen molar-refractivity contribution in [2.24, 2.45) is 5.92 Å². The fraction of sp³-hybridized carbons (Fsp3) is 0.579. The minimum absolute atomic E-state index is 0.0695. The SMILES string of the molecule is O=C(CN1CCC(C(=O)N2CCCCC2)C1)Nc1cccc(C(F)(F)F)c1. The Bertz CT molecular complexity index is 687. The van der Waals surface area contributed by atoms with Crippen molar-refractivity contribution in [3.63, 3.8) is 0 Å². The molecule has 1 aromatic rings. The Morgan fingerprint density at radius 2 is 1.85 bits per heavy atom. The minimum atomic E-state index is -4.45. The molecular weight excluding hydrogens is 359 g/mol. The molecule has 2 heterocycles. The zero-order chi connectivity index (χ0) is 19.4. The van der Waals surface area contributed by atoms with Gasteiger partial charge in [0, 0.05) is 25.3 Å². The molecule has 2 aliphatic rings. The summed E-state index contributed by atoms with van der Waals surface area (Å²) >= 11 is 0. The average molecular weight is 383 g/mol. The number of carbonyl (C=O) groups is 2. The molecule has 0 saturated carbocycles. The molecule has 2 fully saturated rings. The number of rotatable bonds is 4. The molecular formula is C19H24F3N3O2. The van der Waals surface area contributed by atoms with Gasteiger partial charge in [0.15, 0.2) is 0 Å². The van der Waals surface area contributed by atoms with E-state index in [1.165, 1.54) is 12.1 Å². The Morgan fingerprint density at radius 3 is 2.56 bits per heavy atom. The van der Waals surface area contributed by atoms with Gasteiger partial charge in [-0.15, -0.1) is 0 Å². The highest BCUT2D eigenvalue weighted by molar-refractivity contribution is 5.92. The molecule has 8 heteroatoms. The van der Waals surface area contributed by atoms with Crippen LogP contribution in [-0.2, 0) is 15.8 Å². The Morgan fingerprint density at radius 1 is 1.11 bits per heavy atom. The first-order chi connectivity index (χ1) is 12.8. The molecule has 3 rings (SSSR count). The van der Waals surface area contributed by atoms with E-state index in [4.69, 9.17) is 0 Å². The van der Waals surface area contributed by atoms with Crippen LogP contribution in [0.3, 0.4) is 0 Å². The molecule has 0 radical (unpaired) electrons. The predicted molar refractivity (Wildman–Crippen MR) is 95.1 cm³/mol. The van der Waals surface area contributed by atoms with Crippen molar-refractivity contribution >= 4 is 17.5 Å². The topological polar surface area (TPSA) is 52.7 Å². The van der Waals surface area contributed by atoms with Gasteiger partial charge >= 0.3 is 6.18 Å². The van der Waals surface area contributed by atoms with Crippen molar-refractivity contribution in [3.8, 4) is 0 Å². The molecule has 1 atom stereocenters. The van der Waals surface area contributed by atoms with Gasteiger partial charge in [-0.05, 0) is 50.4 Å². The van der Waals surface area contributed by atoms with Crippen LogP contribution < -0.4 is 5.32 Å². The zero-order valence-electron chi connectivity index (χ0n) is 15.1. The van der Waals surface area contributed by atoms with Gasteiger partial charge < -0.3 is 10.2 Å². The lowest BCUT2D eigenvalue weighted by Gasteiger charge is -2.29. The molecule has 27 heavy (non-hydrogen) atoms. The maximum Gasteiger partial charge on any atom is 0.416 e. The second-order valence-corrected chi connectivity index (χ2v) is 7.23. The first-order valence-corrected chi connectivity index (χ1v) is 9.31. The summed E-state index contributed by atoms with van der Waals surface area (Å²) in [6, 6.07) is 4.58. The van der Waals surface area contributed by atoms with Gasteiger partial charge in [0.25, 0.3) is 0 Å². The maximum absolute atomic E-state index is 12.7. The number of amides is 2. The lowest BCUT2D eigenvalue weighted by atomic mass is 10.0. The van der Waals surface area contributed by atoms with Gasteiger partial charge in [-0.1, -0.05) is 6.07 Å². The molecule has 1 aromatic carbocycles. The molecule has 5 nitrogen and oxygen atoms in total. The Hall–Kier alpha value is -2.09. The van der Waals surface area contributed by atoms with Crippen molar-refractivity contribution in [1.29, 1.82) is 0 Å². The third kappa shape index (κ3) is 5.22. The van der Waals surface area contributed by atoms with E-state index in [1.807, 2.05) is 9.80 Å². The quantitative estimate of drug-likeness (QED) is 0.870. The Labute approximate surface area is 156 Å². The largest absolute Gasteiger partial charge is 0.416 e. The molecule has 2 saturated heterocycles. The third-order valence-corrected chi connectivity index (χ3v) is 5.13. The van der Waals surface area contributed by atoms with Crippen molar-refractivity contribution in [3.05, 3.63) is 29.8 Å². The molecule has 0 spiro atoms.